The Kier molecular flexibility index (Phi) is 4.58. The van der Waals surface area contributed by atoms with Crippen molar-refractivity contribution in [3.05, 3.63) is 70.9 Å². The maximum absolute atomic E-state index is 13.0. The molecule has 0 saturated heterocycles. The molecule has 152 valence electrons. The van der Waals surface area contributed by atoms with Gasteiger partial charge in [0.05, 0.1) is 5.39 Å². The number of carbonyl (C=O) groups is 1. The monoisotopic (exact) mass is 401 g/mol. The minimum atomic E-state index is -0.224. The van der Waals surface area contributed by atoms with Crippen LogP contribution in [0.25, 0.3) is 22.2 Å². The Hall–Kier alpha value is -3.48. The van der Waals surface area contributed by atoms with Gasteiger partial charge in [-0.1, -0.05) is 18.2 Å². The molecule has 1 amide bonds. The Bertz CT molecular complexity index is 1250. The Morgan fingerprint density at radius 2 is 1.80 bits per heavy atom. The van der Waals surface area contributed by atoms with E-state index < -0.39 is 0 Å². The van der Waals surface area contributed by atoms with Gasteiger partial charge in [-0.2, -0.15) is 5.10 Å². The third-order valence-electron chi connectivity index (χ3n) is 6.07. The van der Waals surface area contributed by atoms with Crippen LogP contribution in [-0.4, -0.2) is 31.3 Å². The van der Waals surface area contributed by atoms with Crippen LogP contribution in [0.5, 0.6) is 0 Å². The van der Waals surface area contributed by atoms with Crippen LogP contribution in [0, 0.1) is 0 Å². The van der Waals surface area contributed by atoms with Crippen LogP contribution in [0.2, 0.25) is 0 Å². The van der Waals surface area contributed by atoms with Gasteiger partial charge < -0.3 is 9.88 Å². The van der Waals surface area contributed by atoms with E-state index in [1.165, 1.54) is 4.68 Å². The Morgan fingerprint density at radius 1 is 1.03 bits per heavy atom. The van der Waals surface area contributed by atoms with E-state index in [1.807, 2.05) is 18.3 Å². The maximum Gasteiger partial charge on any atom is 0.274 e. The lowest BCUT2D eigenvalue weighted by Crippen LogP contribution is -2.39. The molecule has 1 aromatic carbocycles. The molecule has 1 N–H and O–H groups in total. The molecular formula is C23H23N5O2. The number of carbonyl (C=O) groups excluding carboxylic acids is 1. The number of pyridine rings is 1. The Morgan fingerprint density at radius 3 is 2.60 bits per heavy atom. The average molecular weight is 401 g/mol. The molecule has 7 heteroatoms. The third kappa shape index (κ3) is 3.16. The van der Waals surface area contributed by atoms with Gasteiger partial charge in [0.1, 0.15) is 5.82 Å². The van der Waals surface area contributed by atoms with Gasteiger partial charge in [0, 0.05) is 42.5 Å². The molecule has 0 radical (unpaired) electrons. The van der Waals surface area contributed by atoms with Crippen molar-refractivity contribution in [1.82, 2.24) is 24.6 Å². The van der Waals surface area contributed by atoms with Crippen molar-refractivity contribution >= 4 is 16.7 Å². The lowest BCUT2D eigenvalue weighted by atomic mass is 9.90. The predicted molar refractivity (Wildman–Crippen MR) is 115 cm³/mol. The zero-order chi connectivity index (χ0) is 20.7. The third-order valence-corrected chi connectivity index (χ3v) is 6.07. The van der Waals surface area contributed by atoms with Gasteiger partial charge in [0.15, 0.2) is 5.69 Å². The summed E-state index contributed by atoms with van der Waals surface area (Å²) in [4.78, 5) is 29.8. The van der Waals surface area contributed by atoms with Crippen molar-refractivity contribution in [1.29, 1.82) is 0 Å². The lowest BCUT2D eigenvalue weighted by molar-refractivity contribution is 0.0917. The molecule has 3 aliphatic rings. The summed E-state index contributed by atoms with van der Waals surface area (Å²) in [6, 6.07) is 13.8. The van der Waals surface area contributed by atoms with Gasteiger partial charge in [-0.15, -0.1) is 0 Å². The first-order chi connectivity index (χ1) is 14.6. The fraction of sp³-hybridized carbons (Fsp3) is 0.304. The molecule has 0 unspecified atom stereocenters. The number of rotatable bonds is 3. The second-order valence-corrected chi connectivity index (χ2v) is 7.94. The second kappa shape index (κ2) is 7.40. The topological polar surface area (TPSA) is 81.8 Å². The zero-order valence-corrected chi connectivity index (χ0v) is 16.8. The number of fused-ring (bicyclic) bond motifs is 2. The summed E-state index contributed by atoms with van der Waals surface area (Å²) in [5, 5.41) is 8.48. The normalized spacial score (nSPS) is 19.2. The fourth-order valence-electron chi connectivity index (χ4n) is 4.51. The van der Waals surface area contributed by atoms with E-state index in [1.54, 1.807) is 25.2 Å². The average Bonchev–Trinajstić information content (AvgIpc) is 3.26. The number of aromatic nitrogens is 4. The van der Waals surface area contributed by atoms with Crippen molar-refractivity contribution in [3.8, 4) is 11.4 Å². The lowest BCUT2D eigenvalue weighted by Gasteiger charge is -2.31. The molecule has 0 atom stereocenters. The predicted octanol–water partition coefficient (Wildman–Crippen LogP) is 3.15. The minimum Gasteiger partial charge on any atom is -0.348 e. The molecule has 2 aliphatic heterocycles. The van der Waals surface area contributed by atoms with E-state index in [9.17, 15) is 9.59 Å². The quantitative estimate of drug-likeness (QED) is 0.572. The highest BCUT2D eigenvalue weighted by molar-refractivity contribution is 6.04. The van der Waals surface area contributed by atoms with Gasteiger partial charge in [0.25, 0.3) is 11.5 Å². The Labute approximate surface area is 173 Å². The molecule has 2 aromatic rings. The van der Waals surface area contributed by atoms with Gasteiger partial charge in [-0.25, -0.2) is 9.67 Å². The molecule has 1 fully saturated rings. The van der Waals surface area contributed by atoms with E-state index in [4.69, 9.17) is 0 Å². The minimum absolute atomic E-state index is 0.0963. The highest BCUT2D eigenvalue weighted by Gasteiger charge is 2.26. The van der Waals surface area contributed by atoms with Crippen LogP contribution < -0.4 is 10.9 Å². The molecule has 5 rings (SSSR count). The largest absolute Gasteiger partial charge is 0.348 e. The van der Waals surface area contributed by atoms with Gasteiger partial charge in [-0.3, -0.25) is 9.59 Å². The number of benzene rings is 1. The molecule has 30 heavy (non-hydrogen) atoms. The number of nitrogens with zero attached hydrogens (tertiary/aromatic N) is 4. The maximum atomic E-state index is 13.0. The van der Waals surface area contributed by atoms with E-state index in [-0.39, 0.29) is 17.5 Å². The summed E-state index contributed by atoms with van der Waals surface area (Å²) in [6.45, 7) is 0. The van der Waals surface area contributed by atoms with Crippen LogP contribution in [-0.2, 0) is 7.05 Å². The van der Waals surface area contributed by atoms with Gasteiger partial charge >= 0.3 is 0 Å². The summed E-state index contributed by atoms with van der Waals surface area (Å²) < 4.78 is 3.49. The van der Waals surface area contributed by atoms with Gasteiger partial charge in [0.2, 0.25) is 0 Å². The number of amides is 1. The summed E-state index contributed by atoms with van der Waals surface area (Å²) >= 11 is 0. The van der Waals surface area contributed by atoms with Crippen molar-refractivity contribution in [2.24, 2.45) is 7.05 Å². The molecule has 3 heterocycles. The van der Waals surface area contributed by atoms with Crippen molar-refractivity contribution < 1.29 is 4.79 Å². The highest BCUT2D eigenvalue weighted by atomic mass is 16.2. The number of hydrogen-bond acceptors (Lipinski definition) is 4. The SMILES string of the molecule is Cn1nc(C(=O)NC2CCC(n3cccc4ccnc3-4)CC2)c2ccccc2c1=O. The van der Waals surface area contributed by atoms with Crippen LogP contribution in [0.3, 0.4) is 0 Å². The molecule has 1 saturated carbocycles. The first kappa shape index (κ1) is 18.5. The standard InChI is InChI=1S/C23H23N5O2/c1-27-23(30)19-7-3-2-6-18(19)20(26-27)22(29)25-16-8-10-17(11-9-16)28-14-4-5-15-12-13-24-21(15)28/h2-7,12-14,16-17H,8-11H2,1H3,(H,25,29). The molecule has 7 nitrogen and oxygen atoms in total. The smallest absolute Gasteiger partial charge is 0.274 e. The number of nitrogens with one attached hydrogen (secondary N) is 1. The first-order valence-corrected chi connectivity index (χ1v) is 10.3. The van der Waals surface area contributed by atoms with E-state index in [0.717, 1.165) is 37.1 Å². The molecule has 0 spiro atoms. The fourth-order valence-corrected chi connectivity index (χ4v) is 4.51. The summed E-state index contributed by atoms with van der Waals surface area (Å²) in [7, 11) is 1.58. The Balaban J connectivity index is 1.31. The molecule has 1 aliphatic carbocycles. The second-order valence-electron chi connectivity index (χ2n) is 7.94. The van der Waals surface area contributed by atoms with Crippen LogP contribution in [0.1, 0.15) is 42.2 Å². The number of hydrogen-bond donors (Lipinski definition) is 1. The zero-order valence-electron chi connectivity index (χ0n) is 16.8. The van der Waals surface area contributed by atoms with Crippen LogP contribution >= 0.6 is 0 Å². The van der Waals surface area contributed by atoms with Crippen LogP contribution in [0.4, 0.5) is 0 Å². The number of aryl methyl sites for hydroxylation is 1. The molecule has 1 aromatic heterocycles. The first-order valence-electron chi connectivity index (χ1n) is 10.3. The van der Waals surface area contributed by atoms with Crippen molar-refractivity contribution in [2.75, 3.05) is 0 Å². The molecule has 0 bridgehead atoms. The highest BCUT2D eigenvalue weighted by Crippen LogP contribution is 2.32. The van der Waals surface area contributed by atoms with Crippen molar-refractivity contribution in [2.45, 2.75) is 37.8 Å². The van der Waals surface area contributed by atoms with Crippen molar-refractivity contribution in [3.63, 3.8) is 0 Å². The molecular weight excluding hydrogens is 378 g/mol. The van der Waals surface area contributed by atoms with Crippen LogP contribution in [0.15, 0.2) is 59.7 Å². The van der Waals surface area contributed by atoms with E-state index in [2.05, 4.69) is 38.3 Å². The van der Waals surface area contributed by atoms with E-state index >= 15 is 0 Å². The summed E-state index contributed by atoms with van der Waals surface area (Å²) in [5.74, 6) is 0.795. The summed E-state index contributed by atoms with van der Waals surface area (Å²) in [5.41, 5.74) is 1.26. The summed E-state index contributed by atoms with van der Waals surface area (Å²) in [6.07, 6.45) is 7.68. The van der Waals surface area contributed by atoms with E-state index in [0.29, 0.717) is 22.5 Å². The van der Waals surface area contributed by atoms with Gasteiger partial charge in [-0.05, 0) is 49.9 Å².